The summed E-state index contributed by atoms with van der Waals surface area (Å²) < 4.78 is 59.8. The average molecular weight is 901 g/mol. The van der Waals surface area contributed by atoms with Gasteiger partial charge in [0.2, 0.25) is 17.7 Å². The van der Waals surface area contributed by atoms with Crippen molar-refractivity contribution in [1.29, 1.82) is 0 Å². The van der Waals surface area contributed by atoms with Crippen LogP contribution in [0, 0.1) is 12.3 Å². The molecule has 3 fully saturated rings. The van der Waals surface area contributed by atoms with E-state index in [-0.39, 0.29) is 60.1 Å². The SMILES string of the molecule is CNC(=O)CC(CC1(COc2cc3c(N[C@H](C)c4cc(N)cc(C(F)(F)F)c4)nc(C)nc3cc2OC)CC1)OC1CCN(c2cccc3c2C(=O)N(C2CCC(=O)NC2=O)C3=O)CC1. The summed E-state index contributed by atoms with van der Waals surface area (Å²) in [6, 6.07) is 10.3. The van der Waals surface area contributed by atoms with Gasteiger partial charge >= 0.3 is 6.18 Å². The minimum Gasteiger partial charge on any atom is -0.493 e. The van der Waals surface area contributed by atoms with Crippen LogP contribution < -0.4 is 36.1 Å². The van der Waals surface area contributed by atoms with Crippen molar-refractivity contribution in [3.05, 3.63) is 76.6 Å². The highest BCUT2D eigenvalue weighted by molar-refractivity contribution is 6.25. The van der Waals surface area contributed by atoms with Gasteiger partial charge in [0.25, 0.3) is 11.8 Å². The summed E-state index contributed by atoms with van der Waals surface area (Å²) in [5, 5.41) is 8.76. The zero-order valence-electron chi connectivity index (χ0n) is 36.5. The molecule has 344 valence electrons. The highest BCUT2D eigenvalue weighted by atomic mass is 19.4. The Labute approximate surface area is 372 Å². The standard InChI is InChI=1S/C46H51F3N8O8/c1-24(26-16-27(46(47,48)49)18-28(50)17-26)52-41-32-20-37(36(63-4)21-33(32)53-25(2)54-41)64-23-45(12-13-45)22-30(19-39(59)51-3)65-29-10-14-56(15-11-29)34-7-5-6-31-40(34)44(62)57(43(31)61)35-8-9-38(58)55-42(35)60/h5-7,16-18,20-21,24,29-30,35H,8-15,19,22-23,50H2,1-4H3,(H,51,59)(H,52,53,54)(H,55,58,60)/t24-,30?,35?/m1/s1. The fraction of sp³-hybridized carbons (Fsp3) is 0.457. The number of fused-ring (bicyclic) bond motifs is 2. The van der Waals surface area contributed by atoms with Gasteiger partial charge in [0.05, 0.1) is 66.3 Å². The minimum atomic E-state index is -4.57. The topological polar surface area (TPSA) is 207 Å². The molecule has 0 bridgehead atoms. The van der Waals surface area contributed by atoms with Crippen molar-refractivity contribution in [2.75, 3.05) is 49.8 Å². The number of piperidine rings is 2. The maximum absolute atomic E-state index is 13.8. The van der Waals surface area contributed by atoms with E-state index in [4.69, 9.17) is 19.9 Å². The first-order valence-corrected chi connectivity index (χ1v) is 21.6. The number of rotatable bonds is 15. The van der Waals surface area contributed by atoms with Crippen molar-refractivity contribution in [3.8, 4) is 11.5 Å². The lowest BCUT2D eigenvalue weighted by atomic mass is 9.96. The van der Waals surface area contributed by atoms with E-state index < -0.39 is 53.6 Å². The van der Waals surface area contributed by atoms with E-state index in [1.807, 2.05) is 4.90 Å². The smallest absolute Gasteiger partial charge is 0.416 e. The third-order valence-electron chi connectivity index (χ3n) is 12.7. The monoisotopic (exact) mass is 900 g/mol. The van der Waals surface area contributed by atoms with Crippen LogP contribution in [-0.4, -0.2) is 96.5 Å². The number of anilines is 3. The molecule has 3 aromatic carbocycles. The molecule has 1 aromatic heterocycles. The van der Waals surface area contributed by atoms with Gasteiger partial charge in [0, 0.05) is 49.1 Å². The third kappa shape index (κ3) is 9.51. The highest BCUT2D eigenvalue weighted by Gasteiger charge is 2.48. The maximum Gasteiger partial charge on any atom is 0.416 e. The zero-order valence-corrected chi connectivity index (χ0v) is 36.5. The molecular weight excluding hydrogens is 850 g/mol. The number of carbonyl (C=O) groups excluding carboxylic acids is 5. The first-order valence-electron chi connectivity index (χ1n) is 21.6. The van der Waals surface area contributed by atoms with E-state index in [1.165, 1.54) is 13.2 Å². The summed E-state index contributed by atoms with van der Waals surface area (Å²) in [5.41, 5.74) is 6.62. The van der Waals surface area contributed by atoms with Gasteiger partial charge in [-0.15, -0.1) is 0 Å². The quantitative estimate of drug-likeness (QED) is 0.0816. The molecule has 1 saturated carbocycles. The minimum absolute atomic E-state index is 0.0120. The van der Waals surface area contributed by atoms with Crippen LogP contribution in [0.3, 0.4) is 0 Å². The van der Waals surface area contributed by atoms with E-state index in [9.17, 15) is 37.1 Å². The van der Waals surface area contributed by atoms with Gasteiger partial charge in [-0.2, -0.15) is 13.2 Å². The summed E-state index contributed by atoms with van der Waals surface area (Å²) in [6.45, 7) is 4.74. The number of amides is 5. The Morgan fingerprint density at radius 1 is 1.02 bits per heavy atom. The van der Waals surface area contributed by atoms with E-state index in [0.717, 1.165) is 29.9 Å². The van der Waals surface area contributed by atoms with Crippen LogP contribution in [0.5, 0.6) is 11.5 Å². The fourth-order valence-electron chi connectivity index (χ4n) is 9.05. The molecular formula is C46H51F3N8O8. The van der Waals surface area contributed by atoms with Crippen molar-refractivity contribution in [1.82, 2.24) is 25.5 Å². The van der Waals surface area contributed by atoms with Gasteiger partial charge in [-0.3, -0.25) is 34.2 Å². The van der Waals surface area contributed by atoms with Crippen LogP contribution in [0.2, 0.25) is 0 Å². The number of hydrogen-bond acceptors (Lipinski definition) is 13. The number of hydrogen-bond donors (Lipinski definition) is 4. The lowest BCUT2D eigenvalue weighted by Gasteiger charge is -2.36. The molecule has 3 atom stereocenters. The molecule has 16 nitrogen and oxygen atoms in total. The van der Waals surface area contributed by atoms with E-state index in [0.29, 0.717) is 77.6 Å². The largest absolute Gasteiger partial charge is 0.493 e. The number of nitrogens with zero attached hydrogens (tertiary/aromatic N) is 4. The molecule has 5 amide bonds. The number of aryl methyl sites for hydroxylation is 1. The molecule has 19 heteroatoms. The van der Waals surface area contributed by atoms with Crippen molar-refractivity contribution >= 4 is 57.6 Å². The summed E-state index contributed by atoms with van der Waals surface area (Å²) in [6.07, 6.45) is -1.58. The third-order valence-corrected chi connectivity index (χ3v) is 12.7. The molecule has 4 aromatic rings. The van der Waals surface area contributed by atoms with Crippen molar-refractivity contribution in [2.24, 2.45) is 5.41 Å². The molecule has 8 rings (SSSR count). The number of imide groups is 2. The van der Waals surface area contributed by atoms with E-state index >= 15 is 0 Å². The van der Waals surface area contributed by atoms with Gasteiger partial charge in [-0.25, -0.2) is 9.97 Å². The molecule has 3 aliphatic heterocycles. The molecule has 2 saturated heterocycles. The Bertz CT molecular complexity index is 2560. The Morgan fingerprint density at radius 2 is 1.77 bits per heavy atom. The molecule has 5 N–H and O–H groups in total. The van der Waals surface area contributed by atoms with Gasteiger partial charge in [-0.05, 0) is 94.3 Å². The number of nitrogens with two attached hydrogens (primary N) is 1. The molecule has 0 spiro atoms. The fourth-order valence-corrected chi connectivity index (χ4v) is 9.05. The molecule has 65 heavy (non-hydrogen) atoms. The number of nitrogen functional groups attached to an aromatic ring is 1. The van der Waals surface area contributed by atoms with Crippen LogP contribution in [-0.2, 0) is 25.3 Å². The lowest BCUT2D eigenvalue weighted by molar-refractivity contribution is -0.138. The molecule has 4 heterocycles. The van der Waals surface area contributed by atoms with Crippen LogP contribution in [0.4, 0.5) is 30.4 Å². The first-order chi connectivity index (χ1) is 30.9. The molecule has 2 unspecified atom stereocenters. The van der Waals surface area contributed by atoms with Gasteiger partial charge in [-0.1, -0.05) is 6.07 Å². The number of carbonyl (C=O) groups is 5. The molecule has 0 radical (unpaired) electrons. The second kappa shape index (κ2) is 17.8. The predicted octanol–water partition coefficient (Wildman–Crippen LogP) is 5.86. The van der Waals surface area contributed by atoms with Crippen LogP contribution in [0.1, 0.15) is 102 Å². The van der Waals surface area contributed by atoms with Gasteiger partial charge < -0.3 is 35.5 Å². The summed E-state index contributed by atoms with van der Waals surface area (Å²) in [5.74, 6) is -0.723. The van der Waals surface area contributed by atoms with Crippen LogP contribution >= 0.6 is 0 Å². The van der Waals surface area contributed by atoms with Crippen LogP contribution in [0.15, 0.2) is 48.5 Å². The molecule has 4 aliphatic rings. The summed E-state index contributed by atoms with van der Waals surface area (Å²) >= 11 is 0. The summed E-state index contributed by atoms with van der Waals surface area (Å²) in [7, 11) is 3.10. The number of benzene rings is 3. The Morgan fingerprint density at radius 3 is 2.45 bits per heavy atom. The second-order valence-corrected chi connectivity index (χ2v) is 17.4. The highest BCUT2D eigenvalue weighted by Crippen LogP contribution is 2.51. The number of alkyl halides is 3. The normalized spacial score (nSPS) is 19.5. The number of ether oxygens (including phenoxy) is 3. The maximum atomic E-state index is 13.8. The Balaban J connectivity index is 0.938. The second-order valence-electron chi connectivity index (χ2n) is 17.4. The van der Waals surface area contributed by atoms with Crippen LogP contribution in [0.25, 0.3) is 10.9 Å². The molecule has 1 aliphatic carbocycles. The van der Waals surface area contributed by atoms with E-state index in [2.05, 4.69) is 25.9 Å². The van der Waals surface area contributed by atoms with Gasteiger partial charge in [0.1, 0.15) is 17.7 Å². The van der Waals surface area contributed by atoms with Crippen molar-refractivity contribution in [2.45, 2.75) is 95.7 Å². The predicted molar refractivity (Wildman–Crippen MR) is 232 cm³/mol. The number of methoxy groups -OCH3 is 1. The number of nitrogens with one attached hydrogen (secondary N) is 3. The van der Waals surface area contributed by atoms with Crippen molar-refractivity contribution in [3.63, 3.8) is 0 Å². The number of aromatic nitrogens is 2. The zero-order chi connectivity index (χ0) is 46.4. The Kier molecular flexibility index (Phi) is 12.4. The lowest BCUT2D eigenvalue weighted by Crippen LogP contribution is -2.54. The van der Waals surface area contributed by atoms with E-state index in [1.54, 1.807) is 51.2 Å². The van der Waals surface area contributed by atoms with Gasteiger partial charge in [0.15, 0.2) is 11.5 Å². The average Bonchev–Trinajstić information content (AvgIpc) is 3.98. The summed E-state index contributed by atoms with van der Waals surface area (Å²) in [4.78, 5) is 76.6. The first kappa shape index (κ1) is 45.1. The Hall–Kier alpha value is -6.50. The number of halogens is 3. The van der Waals surface area contributed by atoms with Crippen molar-refractivity contribution < 1.29 is 51.4 Å².